The maximum absolute atomic E-state index is 13.4. The van der Waals surface area contributed by atoms with Gasteiger partial charge in [-0.3, -0.25) is 9.59 Å². The quantitative estimate of drug-likeness (QED) is 0.498. The van der Waals surface area contributed by atoms with Crippen LogP contribution in [0.15, 0.2) is 78.9 Å². The lowest BCUT2D eigenvalue weighted by molar-refractivity contribution is -0.138. The van der Waals surface area contributed by atoms with Gasteiger partial charge in [0.2, 0.25) is 11.8 Å². The largest absolute Gasteiger partial charge is 0.350 e. The van der Waals surface area contributed by atoms with Crippen molar-refractivity contribution in [1.82, 2.24) is 10.2 Å². The molecule has 176 valence electrons. The van der Waals surface area contributed by atoms with Crippen LogP contribution in [0.2, 0.25) is 5.02 Å². The molecule has 1 saturated heterocycles. The highest BCUT2D eigenvalue weighted by Gasteiger charge is 2.35. The van der Waals surface area contributed by atoms with Crippen LogP contribution in [0.3, 0.4) is 0 Å². The first-order valence-corrected chi connectivity index (χ1v) is 12.1. The highest BCUT2D eigenvalue weighted by Crippen LogP contribution is 2.30. The van der Waals surface area contributed by atoms with Crippen LogP contribution >= 0.6 is 11.6 Å². The first-order chi connectivity index (χ1) is 16.6. The summed E-state index contributed by atoms with van der Waals surface area (Å²) in [6.07, 6.45) is 1.80. The molecule has 0 aliphatic carbocycles. The maximum Gasteiger partial charge on any atom is 0.243 e. The number of nitrogens with zero attached hydrogens (tertiary/aromatic N) is 1. The van der Waals surface area contributed by atoms with E-state index in [2.05, 4.69) is 29.6 Å². The summed E-state index contributed by atoms with van der Waals surface area (Å²) in [4.78, 5) is 28.3. The summed E-state index contributed by atoms with van der Waals surface area (Å²) >= 11 is 6.12. The number of amides is 2. The molecular weight excluding hydrogens is 446 g/mol. The highest BCUT2D eigenvalue weighted by atomic mass is 35.5. The van der Waals surface area contributed by atoms with Gasteiger partial charge in [0.15, 0.2) is 0 Å². The zero-order chi connectivity index (χ0) is 23.9. The van der Waals surface area contributed by atoms with Gasteiger partial charge in [-0.1, -0.05) is 78.3 Å². The SMILES string of the molecule is NCc1ccc(Cl)cc1CNC(=O)[C@@H]1CCCN1C(=O)CC(c1ccccc1)c1ccccc1. The Labute approximate surface area is 205 Å². The van der Waals surface area contributed by atoms with Crippen molar-refractivity contribution >= 4 is 23.4 Å². The number of rotatable bonds is 8. The Morgan fingerprint density at radius 2 is 1.62 bits per heavy atom. The van der Waals surface area contributed by atoms with E-state index in [1.165, 1.54) is 0 Å². The van der Waals surface area contributed by atoms with E-state index in [1.54, 1.807) is 11.0 Å². The molecule has 6 heteroatoms. The van der Waals surface area contributed by atoms with E-state index in [1.807, 2.05) is 48.5 Å². The second kappa shape index (κ2) is 11.3. The summed E-state index contributed by atoms with van der Waals surface area (Å²) in [5.41, 5.74) is 9.85. The minimum Gasteiger partial charge on any atom is -0.350 e. The molecule has 0 saturated carbocycles. The smallest absolute Gasteiger partial charge is 0.243 e. The second-order valence-electron chi connectivity index (χ2n) is 8.66. The molecule has 0 spiro atoms. The predicted octanol–water partition coefficient (Wildman–Crippen LogP) is 4.63. The first kappa shape index (κ1) is 24.0. The number of halogens is 1. The molecule has 3 N–H and O–H groups in total. The molecule has 5 nitrogen and oxygen atoms in total. The van der Waals surface area contributed by atoms with Gasteiger partial charge in [-0.2, -0.15) is 0 Å². The number of benzene rings is 3. The molecule has 1 fully saturated rings. The van der Waals surface area contributed by atoms with Crippen molar-refractivity contribution < 1.29 is 9.59 Å². The van der Waals surface area contributed by atoms with Crippen LogP contribution in [0.1, 0.15) is 47.4 Å². The van der Waals surface area contributed by atoms with E-state index >= 15 is 0 Å². The Morgan fingerprint density at radius 3 is 2.24 bits per heavy atom. The zero-order valence-corrected chi connectivity index (χ0v) is 19.9. The number of nitrogens with one attached hydrogen (secondary N) is 1. The lowest BCUT2D eigenvalue weighted by atomic mass is 9.88. The van der Waals surface area contributed by atoms with Crippen molar-refractivity contribution in [2.24, 2.45) is 5.73 Å². The van der Waals surface area contributed by atoms with E-state index in [-0.39, 0.29) is 17.7 Å². The molecule has 4 rings (SSSR count). The number of hydrogen-bond acceptors (Lipinski definition) is 3. The summed E-state index contributed by atoms with van der Waals surface area (Å²) in [6.45, 7) is 1.30. The van der Waals surface area contributed by atoms with Crippen LogP contribution in [-0.4, -0.2) is 29.3 Å². The van der Waals surface area contributed by atoms with Crippen molar-refractivity contribution in [2.45, 2.75) is 44.3 Å². The van der Waals surface area contributed by atoms with Crippen molar-refractivity contribution in [3.63, 3.8) is 0 Å². The third-order valence-electron chi connectivity index (χ3n) is 6.50. The second-order valence-corrected chi connectivity index (χ2v) is 9.09. The van der Waals surface area contributed by atoms with Crippen molar-refractivity contribution in [3.05, 3.63) is 106 Å². The number of carbonyl (C=O) groups is 2. The van der Waals surface area contributed by atoms with Crippen LogP contribution in [0.4, 0.5) is 0 Å². The van der Waals surface area contributed by atoms with E-state index in [0.29, 0.717) is 37.5 Å². The van der Waals surface area contributed by atoms with E-state index < -0.39 is 6.04 Å². The lowest BCUT2D eigenvalue weighted by Gasteiger charge is -2.27. The average Bonchev–Trinajstić information content (AvgIpc) is 3.37. The summed E-state index contributed by atoms with van der Waals surface area (Å²) < 4.78 is 0. The average molecular weight is 476 g/mol. The van der Waals surface area contributed by atoms with E-state index in [0.717, 1.165) is 28.7 Å². The van der Waals surface area contributed by atoms with E-state index in [4.69, 9.17) is 17.3 Å². The fraction of sp³-hybridized carbons (Fsp3) is 0.286. The van der Waals surface area contributed by atoms with Crippen molar-refractivity contribution in [2.75, 3.05) is 6.54 Å². The molecule has 3 aromatic rings. The van der Waals surface area contributed by atoms with Gasteiger partial charge in [-0.15, -0.1) is 0 Å². The Hall–Kier alpha value is -3.15. The third-order valence-corrected chi connectivity index (χ3v) is 6.73. The van der Waals surface area contributed by atoms with Crippen LogP contribution in [0.25, 0.3) is 0 Å². The summed E-state index contributed by atoms with van der Waals surface area (Å²) in [7, 11) is 0. The van der Waals surface area contributed by atoms with Crippen LogP contribution in [0.5, 0.6) is 0 Å². The first-order valence-electron chi connectivity index (χ1n) is 11.7. The summed E-state index contributed by atoms with van der Waals surface area (Å²) in [5, 5.41) is 3.60. The van der Waals surface area contributed by atoms with Crippen LogP contribution < -0.4 is 11.1 Å². The normalized spacial score (nSPS) is 15.5. The maximum atomic E-state index is 13.4. The van der Waals surface area contributed by atoms with Gasteiger partial charge in [0, 0.05) is 37.0 Å². The standard InChI is InChI=1S/C28H30ClN3O2/c29-24-14-13-22(18-30)23(16-24)19-31-28(34)26-12-7-15-32(26)27(33)17-25(20-8-3-1-4-9-20)21-10-5-2-6-11-21/h1-6,8-11,13-14,16,25-26H,7,12,15,17-19,30H2,(H,31,34)/t26-/m0/s1. The molecule has 0 bridgehead atoms. The molecule has 1 aliphatic heterocycles. The molecule has 1 aliphatic rings. The summed E-state index contributed by atoms with van der Waals surface area (Å²) in [5.74, 6) is -0.191. The molecule has 0 aromatic heterocycles. The van der Waals surface area contributed by atoms with Gasteiger partial charge in [0.25, 0.3) is 0 Å². The van der Waals surface area contributed by atoms with Gasteiger partial charge >= 0.3 is 0 Å². The Kier molecular flexibility index (Phi) is 7.99. The molecule has 3 aromatic carbocycles. The highest BCUT2D eigenvalue weighted by molar-refractivity contribution is 6.30. The molecular formula is C28H30ClN3O2. The Bertz CT molecular complexity index is 1080. The van der Waals surface area contributed by atoms with Gasteiger partial charge in [0.05, 0.1) is 0 Å². The predicted molar refractivity (Wildman–Crippen MR) is 135 cm³/mol. The minimum absolute atomic E-state index is 0.000703. The van der Waals surface area contributed by atoms with Gasteiger partial charge in [-0.05, 0) is 47.2 Å². The number of nitrogens with two attached hydrogens (primary N) is 1. The molecule has 34 heavy (non-hydrogen) atoms. The third kappa shape index (κ3) is 5.66. The number of hydrogen-bond donors (Lipinski definition) is 2. The Balaban J connectivity index is 1.46. The molecule has 0 radical (unpaired) electrons. The summed E-state index contributed by atoms with van der Waals surface area (Å²) in [6, 6.07) is 25.2. The fourth-order valence-electron chi connectivity index (χ4n) is 4.69. The van der Waals surface area contributed by atoms with Gasteiger partial charge in [-0.25, -0.2) is 0 Å². The van der Waals surface area contributed by atoms with Crippen LogP contribution in [-0.2, 0) is 22.7 Å². The van der Waals surface area contributed by atoms with Gasteiger partial charge < -0.3 is 16.0 Å². The molecule has 1 heterocycles. The monoisotopic (exact) mass is 475 g/mol. The van der Waals surface area contributed by atoms with Crippen molar-refractivity contribution in [1.29, 1.82) is 0 Å². The zero-order valence-electron chi connectivity index (χ0n) is 19.1. The molecule has 0 unspecified atom stereocenters. The Morgan fingerprint density at radius 1 is 0.971 bits per heavy atom. The lowest BCUT2D eigenvalue weighted by Crippen LogP contribution is -2.46. The topological polar surface area (TPSA) is 75.4 Å². The fourth-order valence-corrected chi connectivity index (χ4v) is 4.88. The molecule has 1 atom stereocenters. The van der Waals surface area contributed by atoms with Crippen molar-refractivity contribution in [3.8, 4) is 0 Å². The van der Waals surface area contributed by atoms with Gasteiger partial charge in [0.1, 0.15) is 6.04 Å². The van der Waals surface area contributed by atoms with E-state index in [9.17, 15) is 9.59 Å². The number of carbonyl (C=O) groups excluding carboxylic acids is 2. The number of likely N-dealkylation sites (tertiary alicyclic amines) is 1. The van der Waals surface area contributed by atoms with Crippen LogP contribution in [0, 0.1) is 0 Å². The minimum atomic E-state index is -0.458. The molecule has 2 amide bonds.